The number of rotatable bonds is 8. The first-order valence-corrected chi connectivity index (χ1v) is 9.16. The van der Waals surface area contributed by atoms with Crippen molar-refractivity contribution in [2.24, 2.45) is 0 Å². The van der Waals surface area contributed by atoms with E-state index >= 15 is 0 Å². The lowest BCUT2D eigenvalue weighted by Gasteiger charge is -2.05. The van der Waals surface area contributed by atoms with Crippen LogP contribution < -0.4 is 10.1 Å². The second kappa shape index (κ2) is 9.03. The van der Waals surface area contributed by atoms with Gasteiger partial charge in [-0.05, 0) is 61.2 Å². The monoisotopic (exact) mass is 364 g/mol. The van der Waals surface area contributed by atoms with Crippen molar-refractivity contribution in [3.05, 3.63) is 65.9 Å². The molecule has 3 aromatic rings. The Morgan fingerprint density at radius 2 is 1.85 bits per heavy atom. The number of benzene rings is 2. The molecule has 0 fully saturated rings. The molecule has 0 bridgehead atoms. The molecular weight excluding hydrogens is 340 g/mol. The van der Waals surface area contributed by atoms with E-state index in [9.17, 15) is 4.79 Å². The number of aromatic nitrogens is 1. The van der Waals surface area contributed by atoms with E-state index in [1.807, 2.05) is 54.6 Å². The second-order valence-corrected chi connectivity index (χ2v) is 6.36. The van der Waals surface area contributed by atoms with Gasteiger partial charge in [-0.3, -0.25) is 4.79 Å². The summed E-state index contributed by atoms with van der Waals surface area (Å²) in [6, 6.07) is 17.5. The van der Waals surface area contributed by atoms with Gasteiger partial charge >= 0.3 is 0 Å². The molecule has 0 aliphatic rings. The van der Waals surface area contributed by atoms with Gasteiger partial charge in [0, 0.05) is 23.7 Å². The predicted octanol–water partition coefficient (Wildman–Crippen LogP) is 4.87. The Balaban J connectivity index is 1.47. The first-order valence-electron chi connectivity index (χ1n) is 9.16. The Kier molecular flexibility index (Phi) is 6.26. The third kappa shape index (κ3) is 5.20. The highest BCUT2D eigenvalue weighted by molar-refractivity contribution is 5.90. The molecule has 140 valence electrons. The summed E-state index contributed by atoms with van der Waals surface area (Å²) in [6.45, 7) is 2.11. The highest BCUT2D eigenvalue weighted by atomic mass is 16.5. The molecule has 0 atom stereocenters. The summed E-state index contributed by atoms with van der Waals surface area (Å²) < 4.78 is 10.6. The fourth-order valence-electron chi connectivity index (χ4n) is 2.80. The maximum absolute atomic E-state index is 12.1. The number of methoxy groups -OCH3 is 1. The van der Waals surface area contributed by atoms with Crippen LogP contribution in [0.1, 0.15) is 31.0 Å². The van der Waals surface area contributed by atoms with E-state index in [-0.39, 0.29) is 5.91 Å². The Morgan fingerprint density at radius 1 is 1.11 bits per heavy atom. The van der Waals surface area contributed by atoms with E-state index in [0.717, 1.165) is 29.1 Å². The number of anilines is 1. The van der Waals surface area contributed by atoms with Crippen LogP contribution in [0.3, 0.4) is 0 Å². The Morgan fingerprint density at radius 3 is 2.52 bits per heavy atom. The van der Waals surface area contributed by atoms with Gasteiger partial charge < -0.3 is 14.6 Å². The van der Waals surface area contributed by atoms with Crippen molar-refractivity contribution < 1.29 is 14.1 Å². The van der Waals surface area contributed by atoms with Crippen LogP contribution in [0.4, 0.5) is 5.69 Å². The fraction of sp³-hybridized carbons (Fsp3) is 0.273. The van der Waals surface area contributed by atoms with Gasteiger partial charge in [0.15, 0.2) is 5.76 Å². The van der Waals surface area contributed by atoms with Gasteiger partial charge in [0.2, 0.25) is 5.91 Å². The molecule has 0 radical (unpaired) electrons. The standard InChI is InChI=1S/C22H24N2O3/c1-3-16-7-11-18(12-8-16)23-22(25)6-4-5-19-15-21(27-24-19)17-9-13-20(26-2)14-10-17/h7-15H,3-6H2,1-2H3,(H,23,25). The Bertz CT molecular complexity index is 867. The summed E-state index contributed by atoms with van der Waals surface area (Å²) >= 11 is 0. The molecule has 2 aromatic carbocycles. The third-order valence-corrected chi connectivity index (χ3v) is 4.42. The van der Waals surface area contributed by atoms with E-state index in [1.165, 1.54) is 5.56 Å². The summed E-state index contributed by atoms with van der Waals surface area (Å²) in [5.41, 5.74) is 3.89. The molecule has 5 heteroatoms. The van der Waals surface area contributed by atoms with Gasteiger partial charge in [0.1, 0.15) is 5.75 Å². The molecule has 1 aromatic heterocycles. The van der Waals surface area contributed by atoms with Crippen LogP contribution in [0.15, 0.2) is 59.1 Å². The normalized spacial score (nSPS) is 10.6. The molecule has 0 spiro atoms. The van der Waals surface area contributed by atoms with Gasteiger partial charge in [-0.1, -0.05) is 24.2 Å². The fourth-order valence-corrected chi connectivity index (χ4v) is 2.80. The molecule has 0 saturated heterocycles. The Hall–Kier alpha value is -3.08. The summed E-state index contributed by atoms with van der Waals surface area (Å²) in [4.78, 5) is 12.1. The van der Waals surface area contributed by atoms with Gasteiger partial charge in [-0.2, -0.15) is 0 Å². The molecule has 1 heterocycles. The first kappa shape index (κ1) is 18.7. The van der Waals surface area contributed by atoms with Crippen molar-refractivity contribution in [1.82, 2.24) is 5.16 Å². The average molecular weight is 364 g/mol. The SMILES string of the molecule is CCc1ccc(NC(=O)CCCc2cc(-c3ccc(OC)cc3)on2)cc1. The number of ether oxygens (including phenoxy) is 1. The van der Waals surface area contributed by atoms with E-state index in [2.05, 4.69) is 17.4 Å². The number of aryl methyl sites for hydroxylation is 2. The minimum Gasteiger partial charge on any atom is -0.497 e. The third-order valence-electron chi connectivity index (χ3n) is 4.42. The van der Waals surface area contributed by atoms with E-state index in [1.54, 1.807) is 7.11 Å². The van der Waals surface area contributed by atoms with Crippen molar-refractivity contribution in [2.75, 3.05) is 12.4 Å². The zero-order valence-corrected chi connectivity index (χ0v) is 15.7. The van der Waals surface area contributed by atoms with Crippen molar-refractivity contribution in [2.45, 2.75) is 32.6 Å². The predicted molar refractivity (Wildman–Crippen MR) is 106 cm³/mol. The lowest BCUT2D eigenvalue weighted by Crippen LogP contribution is -2.11. The van der Waals surface area contributed by atoms with Crippen LogP contribution in [0, 0.1) is 0 Å². The van der Waals surface area contributed by atoms with E-state index < -0.39 is 0 Å². The molecule has 1 N–H and O–H groups in total. The second-order valence-electron chi connectivity index (χ2n) is 6.36. The molecule has 27 heavy (non-hydrogen) atoms. The number of nitrogens with zero attached hydrogens (tertiary/aromatic N) is 1. The van der Waals surface area contributed by atoms with Crippen molar-refractivity contribution in [3.63, 3.8) is 0 Å². The highest BCUT2D eigenvalue weighted by Crippen LogP contribution is 2.23. The molecule has 1 amide bonds. The topological polar surface area (TPSA) is 64.4 Å². The minimum absolute atomic E-state index is 0.0121. The van der Waals surface area contributed by atoms with Crippen LogP contribution in [0.2, 0.25) is 0 Å². The largest absolute Gasteiger partial charge is 0.497 e. The summed E-state index contributed by atoms with van der Waals surface area (Å²) in [5, 5.41) is 7.02. The van der Waals surface area contributed by atoms with Gasteiger partial charge in [-0.15, -0.1) is 0 Å². The van der Waals surface area contributed by atoms with Crippen LogP contribution in [0.5, 0.6) is 5.75 Å². The lowest BCUT2D eigenvalue weighted by molar-refractivity contribution is -0.116. The summed E-state index contributed by atoms with van der Waals surface area (Å²) in [5.74, 6) is 1.53. The zero-order valence-electron chi connectivity index (χ0n) is 15.7. The number of carbonyl (C=O) groups is 1. The van der Waals surface area contributed by atoms with Crippen LogP contribution >= 0.6 is 0 Å². The van der Waals surface area contributed by atoms with Crippen LogP contribution in [-0.4, -0.2) is 18.2 Å². The quantitative estimate of drug-likeness (QED) is 0.619. The zero-order chi connectivity index (χ0) is 19.1. The average Bonchev–Trinajstić information content (AvgIpc) is 3.17. The van der Waals surface area contributed by atoms with Crippen molar-refractivity contribution in [1.29, 1.82) is 0 Å². The maximum atomic E-state index is 12.1. The molecule has 0 saturated carbocycles. The lowest BCUT2D eigenvalue weighted by atomic mass is 10.1. The number of hydrogen-bond donors (Lipinski definition) is 1. The van der Waals surface area contributed by atoms with Crippen LogP contribution in [0.25, 0.3) is 11.3 Å². The molecule has 3 rings (SSSR count). The summed E-state index contributed by atoms with van der Waals surface area (Å²) in [6.07, 6.45) is 2.85. The molecule has 0 aliphatic carbocycles. The first-order chi connectivity index (χ1) is 13.2. The minimum atomic E-state index is 0.0121. The van der Waals surface area contributed by atoms with Crippen molar-refractivity contribution in [3.8, 4) is 17.1 Å². The maximum Gasteiger partial charge on any atom is 0.224 e. The highest BCUT2D eigenvalue weighted by Gasteiger charge is 2.08. The molecule has 5 nitrogen and oxygen atoms in total. The van der Waals surface area contributed by atoms with Gasteiger partial charge in [-0.25, -0.2) is 0 Å². The smallest absolute Gasteiger partial charge is 0.224 e. The number of carbonyl (C=O) groups excluding carboxylic acids is 1. The number of amides is 1. The Labute approximate surface area is 159 Å². The molecule has 0 aliphatic heterocycles. The molecule has 0 unspecified atom stereocenters. The van der Waals surface area contributed by atoms with Crippen molar-refractivity contribution >= 4 is 11.6 Å². The molecular formula is C22H24N2O3. The summed E-state index contributed by atoms with van der Waals surface area (Å²) in [7, 11) is 1.64. The van der Waals surface area contributed by atoms with E-state index in [4.69, 9.17) is 9.26 Å². The number of hydrogen-bond acceptors (Lipinski definition) is 4. The number of nitrogens with one attached hydrogen (secondary N) is 1. The van der Waals surface area contributed by atoms with Gasteiger partial charge in [0.25, 0.3) is 0 Å². The van der Waals surface area contributed by atoms with E-state index in [0.29, 0.717) is 25.0 Å². The van der Waals surface area contributed by atoms with Crippen LogP contribution in [-0.2, 0) is 17.6 Å². The van der Waals surface area contributed by atoms with Gasteiger partial charge in [0.05, 0.1) is 12.8 Å².